The van der Waals surface area contributed by atoms with Crippen LogP contribution in [0.4, 0.5) is 5.69 Å². The van der Waals surface area contributed by atoms with E-state index in [0.717, 1.165) is 12.8 Å². The number of nitro groups is 1. The molecule has 0 aromatic heterocycles. The number of ether oxygens (including phenoxy) is 1. The molecule has 2 heterocycles. The van der Waals surface area contributed by atoms with Crippen LogP contribution in [0.25, 0.3) is 0 Å². The SMILES string of the molecule is CN[C@@H]1C[C@@]23Oc4c5c(cc([N+](=O)[O-])c4CC2(C)[C@@H](C)CC[C@H]3C(C)(C)C1=O)C(=O)NC5. The molecule has 0 bridgehead atoms. The summed E-state index contributed by atoms with van der Waals surface area (Å²) in [5, 5.41) is 18.0. The molecule has 2 fully saturated rings. The van der Waals surface area contributed by atoms with Gasteiger partial charge < -0.3 is 15.4 Å². The maximum atomic E-state index is 13.3. The molecule has 1 aromatic carbocycles. The lowest BCUT2D eigenvalue weighted by Gasteiger charge is -2.66. The van der Waals surface area contributed by atoms with E-state index >= 15 is 0 Å². The molecule has 1 aromatic rings. The van der Waals surface area contributed by atoms with Crippen LogP contribution in [-0.4, -0.2) is 35.3 Å². The molecule has 1 amide bonds. The number of Topliss-reactive ketones (excluding diaryl/α,β-unsaturated/α-hetero) is 1. The Morgan fingerprint density at radius 1 is 1.22 bits per heavy atom. The van der Waals surface area contributed by atoms with Crippen molar-refractivity contribution < 1.29 is 19.2 Å². The summed E-state index contributed by atoms with van der Waals surface area (Å²) in [6, 6.07) is 1.07. The smallest absolute Gasteiger partial charge is 0.277 e. The van der Waals surface area contributed by atoms with E-state index in [2.05, 4.69) is 24.5 Å². The minimum Gasteiger partial charge on any atom is -0.485 e. The van der Waals surface area contributed by atoms with Crippen LogP contribution in [0.3, 0.4) is 0 Å². The molecule has 172 valence electrons. The first kappa shape index (κ1) is 21.4. The van der Waals surface area contributed by atoms with Gasteiger partial charge in [-0.05, 0) is 32.2 Å². The Labute approximate surface area is 187 Å². The molecule has 8 heteroatoms. The van der Waals surface area contributed by atoms with Crippen LogP contribution in [0.1, 0.15) is 68.4 Å². The second-order valence-electron chi connectivity index (χ2n) is 10.9. The van der Waals surface area contributed by atoms with Crippen LogP contribution in [0.5, 0.6) is 5.75 Å². The van der Waals surface area contributed by atoms with Crippen LogP contribution < -0.4 is 15.4 Å². The maximum absolute atomic E-state index is 13.3. The summed E-state index contributed by atoms with van der Waals surface area (Å²) in [5.74, 6) is 0.635. The van der Waals surface area contributed by atoms with Crippen LogP contribution in [0.15, 0.2) is 6.07 Å². The molecule has 32 heavy (non-hydrogen) atoms. The van der Waals surface area contributed by atoms with Crippen molar-refractivity contribution in [2.45, 2.75) is 71.6 Å². The number of carbonyl (C=O) groups is 2. The van der Waals surface area contributed by atoms with Gasteiger partial charge >= 0.3 is 0 Å². The van der Waals surface area contributed by atoms with Gasteiger partial charge in [0.2, 0.25) is 0 Å². The Bertz CT molecular complexity index is 1070. The van der Waals surface area contributed by atoms with E-state index in [4.69, 9.17) is 4.74 Å². The van der Waals surface area contributed by atoms with Gasteiger partial charge in [0.05, 0.1) is 22.1 Å². The van der Waals surface area contributed by atoms with Gasteiger partial charge in [-0.2, -0.15) is 0 Å². The third kappa shape index (κ3) is 2.42. The van der Waals surface area contributed by atoms with Crippen molar-refractivity contribution in [3.05, 3.63) is 32.9 Å². The molecule has 2 aliphatic carbocycles. The third-order valence-electron chi connectivity index (χ3n) is 9.34. The zero-order valence-electron chi connectivity index (χ0n) is 19.3. The Kier molecular flexibility index (Phi) is 4.36. The Morgan fingerprint density at radius 3 is 2.59 bits per heavy atom. The first-order valence-corrected chi connectivity index (χ1v) is 11.5. The fraction of sp³-hybridized carbons (Fsp3) is 0.667. The molecule has 5 atom stereocenters. The first-order valence-electron chi connectivity index (χ1n) is 11.5. The number of rotatable bonds is 2. The average molecular weight is 442 g/mol. The maximum Gasteiger partial charge on any atom is 0.277 e. The number of ketones is 1. The number of nitrogens with one attached hydrogen (secondary N) is 2. The van der Waals surface area contributed by atoms with Crippen LogP contribution >= 0.6 is 0 Å². The summed E-state index contributed by atoms with van der Waals surface area (Å²) < 4.78 is 7.01. The van der Waals surface area contributed by atoms with Crippen LogP contribution in [0.2, 0.25) is 0 Å². The van der Waals surface area contributed by atoms with E-state index in [1.54, 1.807) is 7.05 Å². The second-order valence-corrected chi connectivity index (χ2v) is 10.9. The number of carbonyl (C=O) groups excluding carboxylic acids is 2. The van der Waals surface area contributed by atoms with E-state index in [-0.39, 0.29) is 40.7 Å². The van der Waals surface area contributed by atoms with Gasteiger partial charge in [0.25, 0.3) is 11.6 Å². The van der Waals surface area contributed by atoms with Crippen molar-refractivity contribution in [3.8, 4) is 5.75 Å². The monoisotopic (exact) mass is 441 g/mol. The standard InChI is InChI=1S/C24H31N3O5/c1-12-6-7-18-22(2,3)20(28)16(25-5)10-24(18)23(12,4)9-14-17(27(30)31)8-13-15(19(14)32-24)11-26-21(13)29/h8,12,16,18,25H,6-7,9-11H2,1-5H3,(H,26,29)/t12-,16+,18-,23?,24-/m0/s1. The summed E-state index contributed by atoms with van der Waals surface area (Å²) in [5.41, 5.74) is -0.0587. The molecule has 2 N–H and O–H groups in total. The van der Waals surface area contributed by atoms with Crippen molar-refractivity contribution in [3.63, 3.8) is 0 Å². The number of nitro benzene ring substituents is 1. The van der Waals surface area contributed by atoms with Crippen molar-refractivity contribution in [2.24, 2.45) is 22.7 Å². The minimum atomic E-state index is -0.655. The van der Waals surface area contributed by atoms with E-state index in [9.17, 15) is 19.7 Å². The van der Waals surface area contributed by atoms with Gasteiger partial charge in [-0.1, -0.05) is 27.7 Å². The predicted octanol–water partition coefficient (Wildman–Crippen LogP) is 3.15. The summed E-state index contributed by atoms with van der Waals surface area (Å²) in [7, 11) is 1.81. The largest absolute Gasteiger partial charge is 0.485 e. The molecular formula is C24H31N3O5. The molecule has 2 aliphatic heterocycles. The molecule has 5 rings (SSSR count). The molecule has 0 radical (unpaired) electrons. The van der Waals surface area contributed by atoms with Crippen molar-refractivity contribution in [1.82, 2.24) is 10.6 Å². The highest BCUT2D eigenvalue weighted by molar-refractivity contribution is 6.00. The Hall–Kier alpha value is -2.48. The highest BCUT2D eigenvalue weighted by atomic mass is 16.6. The molecule has 1 unspecified atom stereocenters. The van der Waals surface area contributed by atoms with Gasteiger partial charge in [0, 0.05) is 41.3 Å². The summed E-state index contributed by atoms with van der Waals surface area (Å²) >= 11 is 0. The third-order valence-corrected chi connectivity index (χ3v) is 9.34. The quantitative estimate of drug-likeness (QED) is 0.539. The van der Waals surface area contributed by atoms with E-state index < -0.39 is 15.9 Å². The lowest BCUT2D eigenvalue weighted by Crippen LogP contribution is -2.73. The predicted molar refractivity (Wildman–Crippen MR) is 118 cm³/mol. The number of hydrogen-bond donors (Lipinski definition) is 2. The van der Waals surface area contributed by atoms with Crippen molar-refractivity contribution >= 4 is 17.4 Å². The topological polar surface area (TPSA) is 111 Å². The normalized spacial score (nSPS) is 36.8. The number of benzene rings is 1. The molecule has 0 saturated heterocycles. The van der Waals surface area contributed by atoms with Crippen molar-refractivity contribution in [1.29, 1.82) is 0 Å². The number of nitrogens with zero attached hydrogens (tertiary/aromatic N) is 1. The molecule has 1 spiro atoms. The number of amides is 1. The van der Waals surface area contributed by atoms with Gasteiger partial charge in [-0.3, -0.25) is 19.7 Å². The number of hydrogen-bond acceptors (Lipinski definition) is 6. The summed E-state index contributed by atoms with van der Waals surface area (Å²) in [4.78, 5) is 37.4. The number of likely N-dealkylation sites (N-methyl/N-ethyl adjacent to an activating group) is 1. The fourth-order valence-electron chi connectivity index (χ4n) is 7.29. The molecule has 4 aliphatic rings. The van der Waals surface area contributed by atoms with Gasteiger partial charge in [-0.25, -0.2) is 0 Å². The molecular weight excluding hydrogens is 410 g/mol. The zero-order chi connectivity index (χ0) is 23.2. The Balaban J connectivity index is 1.78. The van der Waals surface area contributed by atoms with Gasteiger partial charge in [0.15, 0.2) is 5.78 Å². The lowest BCUT2D eigenvalue weighted by atomic mass is 9.43. The van der Waals surface area contributed by atoms with Crippen LogP contribution in [-0.2, 0) is 17.8 Å². The minimum absolute atomic E-state index is 0.0126. The second kappa shape index (κ2) is 6.53. The highest BCUT2D eigenvalue weighted by Crippen LogP contribution is 2.66. The van der Waals surface area contributed by atoms with E-state index in [1.165, 1.54) is 6.07 Å². The van der Waals surface area contributed by atoms with Gasteiger partial charge in [0.1, 0.15) is 11.4 Å². The van der Waals surface area contributed by atoms with Crippen LogP contribution in [0, 0.1) is 32.8 Å². The molecule has 8 nitrogen and oxygen atoms in total. The van der Waals surface area contributed by atoms with Gasteiger partial charge in [-0.15, -0.1) is 0 Å². The first-order chi connectivity index (χ1) is 15.0. The van der Waals surface area contributed by atoms with E-state index in [1.807, 2.05) is 13.8 Å². The fourth-order valence-corrected chi connectivity index (χ4v) is 7.29. The highest BCUT2D eigenvalue weighted by Gasteiger charge is 2.70. The Morgan fingerprint density at radius 2 is 1.94 bits per heavy atom. The van der Waals surface area contributed by atoms with E-state index in [0.29, 0.717) is 41.8 Å². The van der Waals surface area contributed by atoms with Crippen molar-refractivity contribution in [2.75, 3.05) is 7.05 Å². The summed E-state index contributed by atoms with van der Waals surface area (Å²) in [6.07, 6.45) is 2.84. The lowest BCUT2D eigenvalue weighted by molar-refractivity contribution is -0.386. The average Bonchev–Trinajstić information content (AvgIpc) is 3.10. The molecule has 2 saturated carbocycles. The number of fused-ring (bicyclic) bond motifs is 3. The zero-order valence-corrected chi connectivity index (χ0v) is 19.3. The summed E-state index contributed by atoms with van der Waals surface area (Å²) in [6.45, 7) is 8.73.